The summed E-state index contributed by atoms with van der Waals surface area (Å²) in [7, 11) is 0. The van der Waals surface area contributed by atoms with Gasteiger partial charge in [0.05, 0.1) is 6.04 Å². The summed E-state index contributed by atoms with van der Waals surface area (Å²) in [5.74, 6) is 0.0480. The molecule has 0 radical (unpaired) electrons. The Morgan fingerprint density at radius 3 is 2.75 bits per heavy atom. The smallest absolute Gasteiger partial charge is 0.146 e. The lowest BCUT2D eigenvalue weighted by Crippen LogP contribution is -2.27. The van der Waals surface area contributed by atoms with Crippen molar-refractivity contribution < 1.29 is 6.21 Å². The Labute approximate surface area is 51.5 Å². The topological polar surface area (TPSA) is 43.1 Å². The maximum absolute atomic E-state index is 10.6. The van der Waals surface area contributed by atoms with E-state index in [4.69, 9.17) is 1.41 Å². The molecule has 48 valence electrons. The molecule has 0 aromatic heterocycles. The van der Waals surface area contributed by atoms with E-state index in [1.165, 1.54) is 6.92 Å². The number of rotatable bonds is 4. The third-order valence-electron chi connectivity index (χ3n) is 1.07. The van der Waals surface area contributed by atoms with E-state index in [1.807, 2.05) is 6.92 Å². The first kappa shape index (κ1) is 5.76. The first-order valence-corrected chi connectivity index (χ1v) is 2.90. The predicted molar refractivity (Wildman–Crippen MR) is 33.6 cm³/mol. The number of nitrogens with two attached hydrogens (primary N) is 1. The molecule has 2 N–H and O–H groups in total. The summed E-state index contributed by atoms with van der Waals surface area (Å²) in [4.78, 5) is 10.6. The largest absolute Gasteiger partial charge is 0.322 e. The second-order valence-electron chi connectivity index (χ2n) is 1.95. The standard InChI is InChI=1S/C6H13NO/c1-3-4-6(7)5(2)8/h6H,3-4,7H2,1-2H3/i/hD. The molecule has 0 aliphatic heterocycles. The van der Waals surface area contributed by atoms with Crippen LogP contribution in [0.1, 0.15) is 26.7 Å². The number of hydrogen-bond donors (Lipinski definition) is 1. The molecular weight excluding hydrogens is 102 g/mol. The molecule has 2 nitrogen and oxygen atoms in total. The van der Waals surface area contributed by atoms with Crippen LogP contribution in [0.25, 0.3) is 0 Å². The molecule has 8 heavy (non-hydrogen) atoms. The summed E-state index contributed by atoms with van der Waals surface area (Å²) in [5, 5.41) is 0. The van der Waals surface area contributed by atoms with Gasteiger partial charge in [0.1, 0.15) is 7.20 Å². The summed E-state index contributed by atoms with van der Waals surface area (Å²) < 4.78 is 6.72. The van der Waals surface area contributed by atoms with Crippen LogP contribution in [0.3, 0.4) is 0 Å². The average molecular weight is 116 g/mol. The number of Topliss-reactive ketones (excluding diaryl/α,β-unsaturated/α-hetero) is 1. The molecule has 0 aliphatic rings. The summed E-state index contributed by atoms with van der Waals surface area (Å²) >= 11 is 0. The Morgan fingerprint density at radius 1 is 2.00 bits per heavy atom. The number of hydrogen-bond acceptors (Lipinski definition) is 2. The van der Waals surface area contributed by atoms with Crippen LogP contribution in [-0.2, 0) is 4.79 Å². The Kier molecular flexibility index (Phi) is 2.60. The van der Waals surface area contributed by atoms with E-state index in [0.29, 0.717) is 0 Å². The first-order valence-electron chi connectivity index (χ1n) is 3.40. The average Bonchev–Trinajstić information content (AvgIpc) is 1.82. The third kappa shape index (κ3) is 2.75. The zero-order chi connectivity index (χ0) is 7.28. The lowest BCUT2D eigenvalue weighted by Gasteiger charge is -2.02. The molecule has 0 bridgehead atoms. The van der Waals surface area contributed by atoms with Crippen LogP contribution in [0.5, 0.6) is 0 Å². The lowest BCUT2D eigenvalue weighted by atomic mass is 10.1. The van der Waals surface area contributed by atoms with Crippen molar-refractivity contribution in [2.24, 2.45) is 5.73 Å². The third-order valence-corrected chi connectivity index (χ3v) is 1.07. The fourth-order valence-electron chi connectivity index (χ4n) is 0.492. The van der Waals surface area contributed by atoms with Gasteiger partial charge in [-0.15, -0.1) is 0 Å². The van der Waals surface area contributed by atoms with Crippen molar-refractivity contribution in [3.63, 3.8) is 0 Å². The van der Waals surface area contributed by atoms with Gasteiger partial charge in [-0.25, -0.2) is 0 Å². The zero-order valence-corrected chi connectivity index (χ0v) is 5.40. The van der Waals surface area contributed by atoms with Gasteiger partial charge in [0.25, 0.3) is 0 Å². The number of carbonyl (C=O) groups excluding carboxylic acids is 1. The minimum Gasteiger partial charge on any atom is -0.322 e. The first-order chi connectivity index (χ1) is 4.22. The number of carbonyl (C=O) groups is 1. The van der Waals surface area contributed by atoms with E-state index in [-0.39, 0.29) is 11.8 Å². The van der Waals surface area contributed by atoms with Gasteiger partial charge in [-0.3, -0.25) is 4.79 Å². The van der Waals surface area contributed by atoms with Crippen molar-refractivity contribution in [3.05, 3.63) is 0 Å². The van der Waals surface area contributed by atoms with Crippen molar-refractivity contribution in [3.8, 4) is 0 Å². The molecule has 1 unspecified atom stereocenters. The molecular formula is C6H13NO. The van der Waals surface area contributed by atoms with Crippen LogP contribution in [-0.4, -0.2) is 11.8 Å². The van der Waals surface area contributed by atoms with Crippen LogP contribution in [0.15, 0.2) is 0 Å². The molecule has 0 aliphatic carbocycles. The van der Waals surface area contributed by atoms with Crippen molar-refractivity contribution >= 4 is 5.78 Å². The van der Waals surface area contributed by atoms with Crippen LogP contribution >= 0.6 is 0 Å². The molecule has 0 heterocycles. The summed E-state index contributed by atoms with van der Waals surface area (Å²) in [5.41, 5.74) is 2.20. The van der Waals surface area contributed by atoms with E-state index < -0.39 is 0 Å². The van der Waals surface area contributed by atoms with E-state index in [9.17, 15) is 4.79 Å². The predicted octanol–water partition coefficient (Wildman–Crippen LogP) is 0.703. The van der Waals surface area contributed by atoms with Crippen molar-refractivity contribution in [2.45, 2.75) is 32.7 Å². The molecule has 0 aromatic carbocycles. The summed E-state index contributed by atoms with van der Waals surface area (Å²) in [6, 6.07) is -0.255. The molecule has 0 spiro atoms. The normalized spacial score (nSPS) is 15.0. The van der Waals surface area contributed by atoms with Gasteiger partial charge in [0, 0.05) is 0 Å². The minimum absolute atomic E-state index is 0.0480. The van der Waals surface area contributed by atoms with Gasteiger partial charge in [-0.05, 0) is 13.3 Å². The molecule has 0 amide bonds. The lowest BCUT2D eigenvalue weighted by molar-refractivity contribution is -0.118. The maximum Gasteiger partial charge on any atom is 0.146 e. The van der Waals surface area contributed by atoms with Crippen LogP contribution < -0.4 is 5.73 Å². The fraction of sp³-hybridized carbons (Fsp3) is 0.833. The highest BCUT2D eigenvalue weighted by molar-refractivity contribution is 5.80. The molecule has 0 saturated carbocycles. The van der Waals surface area contributed by atoms with Crippen molar-refractivity contribution in [2.75, 3.05) is 0 Å². The van der Waals surface area contributed by atoms with Gasteiger partial charge in [0.2, 0.25) is 0 Å². The Hall–Kier alpha value is -0.370. The van der Waals surface area contributed by atoms with E-state index in [2.05, 4.69) is 5.73 Å². The highest BCUT2D eigenvalue weighted by atomic mass is 16.1. The summed E-state index contributed by atoms with van der Waals surface area (Å²) in [6.07, 6.45) is 1.70. The van der Waals surface area contributed by atoms with Gasteiger partial charge >= 0.3 is 0 Å². The molecule has 0 rings (SSSR count). The SMILES string of the molecule is [2H]NC(CCC)C(C)=O. The molecule has 2 heteroatoms. The van der Waals surface area contributed by atoms with Gasteiger partial charge in [-0.1, -0.05) is 13.3 Å². The molecule has 0 fully saturated rings. The zero-order valence-electron chi connectivity index (χ0n) is 6.40. The number of ketones is 1. The minimum atomic E-state index is -0.255. The van der Waals surface area contributed by atoms with Gasteiger partial charge in [-0.2, -0.15) is 0 Å². The second kappa shape index (κ2) is 3.61. The fourth-order valence-corrected chi connectivity index (χ4v) is 0.492. The summed E-state index contributed by atoms with van der Waals surface area (Å²) in [6.45, 7) is 3.50. The molecule has 1 atom stereocenters. The molecule has 0 saturated heterocycles. The van der Waals surface area contributed by atoms with Gasteiger partial charge in [0.15, 0.2) is 0 Å². The quantitative estimate of drug-likeness (QED) is 0.587. The van der Waals surface area contributed by atoms with E-state index >= 15 is 0 Å². The Morgan fingerprint density at radius 2 is 2.62 bits per heavy atom. The highest BCUT2D eigenvalue weighted by Gasteiger charge is 2.03. The second-order valence-corrected chi connectivity index (χ2v) is 1.95. The highest BCUT2D eigenvalue weighted by Crippen LogP contribution is 1.92. The maximum atomic E-state index is 10.6. The van der Waals surface area contributed by atoms with Crippen LogP contribution in [0.2, 0.25) is 1.41 Å². The van der Waals surface area contributed by atoms with Crippen LogP contribution in [0, 0.1) is 0 Å². The Balaban J connectivity index is 3.54. The monoisotopic (exact) mass is 116 g/mol. The van der Waals surface area contributed by atoms with E-state index in [0.717, 1.165) is 12.8 Å². The van der Waals surface area contributed by atoms with Gasteiger partial charge < -0.3 is 5.73 Å². The van der Waals surface area contributed by atoms with E-state index in [1.54, 1.807) is 0 Å². The van der Waals surface area contributed by atoms with Crippen molar-refractivity contribution in [1.29, 1.82) is 0 Å². The molecule has 0 aromatic rings. The Bertz CT molecular complexity index is 95.1. The van der Waals surface area contributed by atoms with Crippen LogP contribution in [0.4, 0.5) is 0 Å². The van der Waals surface area contributed by atoms with Crippen molar-refractivity contribution in [1.82, 2.24) is 0 Å².